The first kappa shape index (κ1) is 13.5. The molecular weight excluding hydrogens is 266 g/mol. The number of hydrogen-bond acceptors (Lipinski definition) is 3. The molecule has 0 fully saturated rings. The molecule has 1 unspecified atom stereocenters. The minimum atomic E-state index is 0.148. The summed E-state index contributed by atoms with van der Waals surface area (Å²) < 4.78 is 5.93. The second-order valence-corrected chi connectivity index (χ2v) is 5.74. The molecule has 2 aromatic carbocycles. The monoisotopic (exact) mass is 285 g/mol. The van der Waals surface area contributed by atoms with Crippen LogP contribution >= 0.6 is 11.8 Å². The van der Waals surface area contributed by atoms with Gasteiger partial charge in [0.2, 0.25) is 0 Å². The van der Waals surface area contributed by atoms with Crippen LogP contribution in [-0.4, -0.2) is 19.4 Å². The molecule has 0 amide bonds. The van der Waals surface area contributed by atoms with Gasteiger partial charge in [-0.3, -0.25) is 0 Å². The molecule has 20 heavy (non-hydrogen) atoms. The zero-order valence-corrected chi connectivity index (χ0v) is 12.5. The van der Waals surface area contributed by atoms with E-state index in [0.717, 1.165) is 19.6 Å². The van der Waals surface area contributed by atoms with Crippen molar-refractivity contribution in [2.24, 2.45) is 0 Å². The third kappa shape index (κ3) is 2.84. The van der Waals surface area contributed by atoms with Gasteiger partial charge < -0.3 is 10.1 Å². The number of para-hydroxylation sites is 1. The molecule has 2 nitrogen and oxygen atoms in total. The van der Waals surface area contributed by atoms with Crippen molar-refractivity contribution in [3.05, 3.63) is 59.7 Å². The second kappa shape index (κ2) is 6.33. The Morgan fingerprint density at radius 1 is 1.15 bits per heavy atom. The second-order valence-electron chi connectivity index (χ2n) is 4.89. The largest absolute Gasteiger partial charge is 0.381 e. The van der Waals surface area contributed by atoms with Gasteiger partial charge in [-0.15, -0.1) is 11.8 Å². The molecule has 1 heterocycles. The summed E-state index contributed by atoms with van der Waals surface area (Å²) in [6, 6.07) is 17.0. The topological polar surface area (TPSA) is 21.3 Å². The summed E-state index contributed by atoms with van der Waals surface area (Å²) in [5.74, 6) is 0. The molecule has 3 rings (SSSR count). The Morgan fingerprint density at radius 2 is 1.95 bits per heavy atom. The third-order valence-corrected chi connectivity index (χ3v) is 4.47. The molecule has 0 spiro atoms. The number of anilines is 1. The maximum atomic E-state index is 5.93. The first-order valence-corrected chi connectivity index (χ1v) is 8.17. The van der Waals surface area contributed by atoms with Crippen molar-refractivity contribution in [2.75, 3.05) is 24.7 Å². The summed E-state index contributed by atoms with van der Waals surface area (Å²) in [7, 11) is 0. The van der Waals surface area contributed by atoms with Crippen LogP contribution < -0.4 is 5.32 Å². The molecule has 0 aromatic heterocycles. The fraction of sp³-hybridized carbons (Fsp3) is 0.294. The van der Waals surface area contributed by atoms with Crippen molar-refractivity contribution in [3.8, 4) is 0 Å². The predicted molar refractivity (Wildman–Crippen MR) is 85.6 cm³/mol. The van der Waals surface area contributed by atoms with Crippen LogP contribution in [0.3, 0.4) is 0 Å². The Hall–Kier alpha value is -1.45. The van der Waals surface area contributed by atoms with Gasteiger partial charge >= 0.3 is 0 Å². The zero-order chi connectivity index (χ0) is 13.8. The number of nitrogens with one attached hydrogen (secondary N) is 1. The average Bonchev–Trinajstić information content (AvgIpc) is 2.53. The fourth-order valence-electron chi connectivity index (χ4n) is 2.64. The molecule has 3 heteroatoms. The Labute approximate surface area is 124 Å². The van der Waals surface area contributed by atoms with Crippen molar-refractivity contribution in [2.45, 2.75) is 17.4 Å². The van der Waals surface area contributed by atoms with Gasteiger partial charge in [0.05, 0.1) is 12.7 Å². The lowest BCUT2D eigenvalue weighted by Crippen LogP contribution is -2.22. The maximum absolute atomic E-state index is 5.93. The summed E-state index contributed by atoms with van der Waals surface area (Å²) in [5.41, 5.74) is 3.93. The number of hydrogen-bond donors (Lipinski definition) is 1. The zero-order valence-electron chi connectivity index (χ0n) is 11.6. The van der Waals surface area contributed by atoms with E-state index in [1.54, 1.807) is 11.8 Å². The van der Waals surface area contributed by atoms with Crippen molar-refractivity contribution in [1.82, 2.24) is 0 Å². The number of ether oxygens (including phenoxy) is 1. The van der Waals surface area contributed by atoms with Gasteiger partial charge in [-0.25, -0.2) is 0 Å². The molecule has 104 valence electrons. The van der Waals surface area contributed by atoms with Gasteiger partial charge in [0.15, 0.2) is 0 Å². The molecule has 0 bridgehead atoms. The van der Waals surface area contributed by atoms with Gasteiger partial charge in [-0.05, 0) is 35.9 Å². The van der Waals surface area contributed by atoms with E-state index in [1.807, 2.05) is 0 Å². The van der Waals surface area contributed by atoms with Gasteiger partial charge in [0.1, 0.15) is 0 Å². The van der Waals surface area contributed by atoms with Gasteiger partial charge in [-0.2, -0.15) is 0 Å². The van der Waals surface area contributed by atoms with Gasteiger partial charge in [0, 0.05) is 17.1 Å². The molecular formula is C17H19NOS. The lowest BCUT2D eigenvalue weighted by Gasteiger charge is -2.26. The Balaban J connectivity index is 1.73. The van der Waals surface area contributed by atoms with Crippen LogP contribution in [0.4, 0.5) is 5.69 Å². The number of benzene rings is 2. The summed E-state index contributed by atoms with van der Waals surface area (Å²) >= 11 is 1.76. The summed E-state index contributed by atoms with van der Waals surface area (Å²) in [5, 5.41) is 3.53. The van der Waals surface area contributed by atoms with E-state index in [1.165, 1.54) is 21.7 Å². The Morgan fingerprint density at radius 3 is 2.85 bits per heavy atom. The van der Waals surface area contributed by atoms with Crippen LogP contribution in [0.2, 0.25) is 0 Å². The Kier molecular flexibility index (Phi) is 4.28. The molecule has 1 aliphatic heterocycles. The van der Waals surface area contributed by atoms with Crippen LogP contribution in [0.5, 0.6) is 0 Å². The van der Waals surface area contributed by atoms with Crippen LogP contribution in [0.15, 0.2) is 53.4 Å². The van der Waals surface area contributed by atoms with Gasteiger partial charge in [-0.1, -0.05) is 36.4 Å². The first-order chi connectivity index (χ1) is 9.88. The standard InChI is InChI=1S/C17H19NOS/c1-20-17-9-5-4-8-15(17)18-12-16-14-7-3-2-6-13(14)10-11-19-16/h2-9,16,18H,10-12H2,1H3. The smallest absolute Gasteiger partial charge is 0.0999 e. The molecule has 0 radical (unpaired) electrons. The van der Waals surface area contributed by atoms with E-state index in [-0.39, 0.29) is 6.10 Å². The number of rotatable bonds is 4. The molecule has 0 aliphatic carbocycles. The van der Waals surface area contributed by atoms with E-state index in [9.17, 15) is 0 Å². The average molecular weight is 285 g/mol. The molecule has 1 aliphatic rings. The highest BCUT2D eigenvalue weighted by Crippen LogP contribution is 2.29. The van der Waals surface area contributed by atoms with Crippen LogP contribution in [0, 0.1) is 0 Å². The first-order valence-electron chi connectivity index (χ1n) is 6.95. The van der Waals surface area contributed by atoms with Crippen molar-refractivity contribution in [3.63, 3.8) is 0 Å². The quantitative estimate of drug-likeness (QED) is 0.853. The lowest BCUT2D eigenvalue weighted by molar-refractivity contribution is 0.0513. The van der Waals surface area contributed by atoms with E-state index < -0.39 is 0 Å². The van der Waals surface area contributed by atoms with Crippen LogP contribution in [0.1, 0.15) is 17.2 Å². The highest BCUT2D eigenvalue weighted by Gasteiger charge is 2.20. The van der Waals surface area contributed by atoms with Crippen LogP contribution in [0.25, 0.3) is 0 Å². The number of thioether (sulfide) groups is 1. The SMILES string of the molecule is CSc1ccccc1NCC1OCCc2ccccc21. The number of fused-ring (bicyclic) bond motifs is 1. The summed E-state index contributed by atoms with van der Waals surface area (Å²) in [6.45, 7) is 1.63. The van der Waals surface area contributed by atoms with E-state index in [0.29, 0.717) is 0 Å². The van der Waals surface area contributed by atoms with Crippen molar-refractivity contribution < 1.29 is 4.74 Å². The van der Waals surface area contributed by atoms with Crippen molar-refractivity contribution in [1.29, 1.82) is 0 Å². The summed E-state index contributed by atoms with van der Waals surface area (Å²) in [6.07, 6.45) is 3.27. The Bertz CT molecular complexity index is 585. The molecule has 1 N–H and O–H groups in total. The highest BCUT2D eigenvalue weighted by molar-refractivity contribution is 7.98. The third-order valence-electron chi connectivity index (χ3n) is 3.68. The predicted octanol–water partition coefficient (Wildman–Crippen LogP) is 4.13. The lowest BCUT2D eigenvalue weighted by atomic mass is 9.97. The van der Waals surface area contributed by atoms with Gasteiger partial charge in [0.25, 0.3) is 0 Å². The van der Waals surface area contributed by atoms with Crippen molar-refractivity contribution >= 4 is 17.4 Å². The summed E-state index contributed by atoms with van der Waals surface area (Å²) in [4.78, 5) is 1.27. The fourth-order valence-corrected chi connectivity index (χ4v) is 3.21. The highest BCUT2D eigenvalue weighted by atomic mass is 32.2. The molecule has 1 atom stereocenters. The van der Waals surface area contributed by atoms with E-state index >= 15 is 0 Å². The molecule has 2 aromatic rings. The minimum absolute atomic E-state index is 0.148. The van der Waals surface area contributed by atoms with Crippen LogP contribution in [-0.2, 0) is 11.2 Å². The molecule has 0 saturated carbocycles. The minimum Gasteiger partial charge on any atom is -0.381 e. The molecule has 0 saturated heterocycles. The normalized spacial score (nSPS) is 17.6. The van der Waals surface area contributed by atoms with E-state index in [2.05, 4.69) is 60.1 Å². The maximum Gasteiger partial charge on any atom is 0.0999 e. The van der Waals surface area contributed by atoms with E-state index in [4.69, 9.17) is 4.74 Å².